The largest absolute Gasteiger partial charge is 0.485 e. The summed E-state index contributed by atoms with van der Waals surface area (Å²) in [6, 6.07) is 20.9. The molecule has 2 aromatic carbocycles. The molecule has 21 heavy (non-hydrogen) atoms. The molecule has 0 radical (unpaired) electrons. The van der Waals surface area contributed by atoms with Crippen LogP contribution in [0.2, 0.25) is 0 Å². The highest BCUT2D eigenvalue weighted by Crippen LogP contribution is 2.42. The molecule has 1 heteroatoms. The molecule has 0 N–H and O–H groups in total. The molecule has 2 aliphatic rings. The standard InChI is InChI=1S/C20H16O/c1-3-7-15(8-4-1)11-17-13-19-14-18(20(17)21-19)12-16-9-5-2-6-10-16/h1-13,20H,14H2. The van der Waals surface area contributed by atoms with Crippen molar-refractivity contribution in [2.45, 2.75) is 12.5 Å². The zero-order chi connectivity index (χ0) is 14.1. The molecule has 1 unspecified atom stereocenters. The fourth-order valence-corrected chi connectivity index (χ4v) is 2.94. The second-order valence-electron chi connectivity index (χ2n) is 5.47. The summed E-state index contributed by atoms with van der Waals surface area (Å²) in [5, 5.41) is 0. The van der Waals surface area contributed by atoms with Gasteiger partial charge in [-0.05, 0) is 28.9 Å². The Morgan fingerprint density at radius 1 is 0.810 bits per heavy atom. The summed E-state index contributed by atoms with van der Waals surface area (Å²) in [5.41, 5.74) is 5.06. The molecule has 102 valence electrons. The number of benzene rings is 2. The lowest BCUT2D eigenvalue weighted by Gasteiger charge is -2.11. The zero-order valence-corrected chi connectivity index (χ0v) is 11.7. The summed E-state index contributed by atoms with van der Waals surface area (Å²) < 4.78 is 5.97. The number of hydrogen-bond acceptors (Lipinski definition) is 1. The molecular weight excluding hydrogens is 256 g/mol. The Labute approximate surface area is 124 Å². The van der Waals surface area contributed by atoms with Crippen molar-refractivity contribution < 1.29 is 4.74 Å². The van der Waals surface area contributed by atoms with Crippen molar-refractivity contribution in [2.75, 3.05) is 0 Å². The summed E-state index contributed by atoms with van der Waals surface area (Å²) >= 11 is 0. The maximum Gasteiger partial charge on any atom is 0.145 e. The second-order valence-corrected chi connectivity index (χ2v) is 5.47. The topological polar surface area (TPSA) is 9.23 Å². The molecule has 2 heterocycles. The minimum Gasteiger partial charge on any atom is -0.485 e. The van der Waals surface area contributed by atoms with Crippen molar-refractivity contribution in [2.24, 2.45) is 0 Å². The summed E-state index contributed by atoms with van der Waals surface area (Å²) in [6.45, 7) is 0. The first-order valence-electron chi connectivity index (χ1n) is 7.28. The smallest absolute Gasteiger partial charge is 0.145 e. The highest BCUT2D eigenvalue weighted by molar-refractivity contribution is 5.66. The SMILES string of the molecule is C1=C2CC(=Cc3ccccc3)C(O2)C1=Cc1ccccc1. The lowest BCUT2D eigenvalue weighted by Crippen LogP contribution is -2.07. The third kappa shape index (κ3) is 2.43. The predicted molar refractivity (Wildman–Crippen MR) is 86.4 cm³/mol. The van der Waals surface area contributed by atoms with Gasteiger partial charge in [-0.15, -0.1) is 0 Å². The Hall–Kier alpha value is -2.54. The van der Waals surface area contributed by atoms with E-state index in [1.807, 2.05) is 12.1 Å². The van der Waals surface area contributed by atoms with Crippen LogP contribution in [0.1, 0.15) is 17.5 Å². The van der Waals surface area contributed by atoms with E-state index in [1.54, 1.807) is 0 Å². The second kappa shape index (κ2) is 5.10. The molecule has 1 fully saturated rings. The highest BCUT2D eigenvalue weighted by atomic mass is 16.5. The van der Waals surface area contributed by atoms with Gasteiger partial charge in [0.05, 0.1) is 0 Å². The minimum absolute atomic E-state index is 0.0976. The summed E-state index contributed by atoms with van der Waals surface area (Å²) in [6.07, 6.45) is 7.69. The molecule has 2 aromatic rings. The zero-order valence-electron chi connectivity index (χ0n) is 11.7. The van der Waals surface area contributed by atoms with Crippen LogP contribution >= 0.6 is 0 Å². The molecule has 2 aliphatic heterocycles. The molecule has 0 aromatic heterocycles. The molecule has 0 spiro atoms. The van der Waals surface area contributed by atoms with Gasteiger partial charge >= 0.3 is 0 Å². The van der Waals surface area contributed by atoms with Gasteiger partial charge in [0, 0.05) is 12.0 Å². The minimum atomic E-state index is 0.0976. The van der Waals surface area contributed by atoms with E-state index >= 15 is 0 Å². The Morgan fingerprint density at radius 3 is 2.05 bits per heavy atom. The molecule has 4 rings (SSSR count). The Bertz CT molecular complexity index is 736. The first-order chi connectivity index (χ1) is 10.4. The monoisotopic (exact) mass is 272 g/mol. The van der Waals surface area contributed by atoms with Gasteiger partial charge in [-0.25, -0.2) is 0 Å². The third-order valence-electron chi connectivity index (χ3n) is 3.90. The normalized spacial score (nSPS) is 23.4. The number of ether oxygens (including phenoxy) is 1. The fraction of sp³-hybridized carbons (Fsp3) is 0.100. The van der Waals surface area contributed by atoms with Crippen LogP contribution in [-0.2, 0) is 4.74 Å². The van der Waals surface area contributed by atoms with Gasteiger partial charge in [-0.3, -0.25) is 0 Å². The maximum atomic E-state index is 5.97. The molecule has 0 aliphatic carbocycles. The average Bonchev–Trinajstić information content (AvgIpc) is 3.09. The third-order valence-corrected chi connectivity index (χ3v) is 3.90. The van der Waals surface area contributed by atoms with Gasteiger partial charge in [0.1, 0.15) is 11.9 Å². The van der Waals surface area contributed by atoms with Crippen LogP contribution < -0.4 is 0 Å². The van der Waals surface area contributed by atoms with E-state index in [4.69, 9.17) is 4.74 Å². The van der Waals surface area contributed by atoms with Crippen LogP contribution in [0.5, 0.6) is 0 Å². The summed E-state index contributed by atoms with van der Waals surface area (Å²) in [7, 11) is 0. The molecule has 1 nitrogen and oxygen atoms in total. The van der Waals surface area contributed by atoms with Gasteiger partial charge in [0.2, 0.25) is 0 Å². The molecule has 0 amide bonds. The summed E-state index contributed by atoms with van der Waals surface area (Å²) in [5.74, 6) is 1.09. The Balaban J connectivity index is 1.66. The fourth-order valence-electron chi connectivity index (χ4n) is 2.94. The number of hydrogen-bond donors (Lipinski definition) is 0. The maximum absolute atomic E-state index is 5.97. The van der Waals surface area contributed by atoms with Crippen LogP contribution in [0.25, 0.3) is 12.2 Å². The lowest BCUT2D eigenvalue weighted by atomic mass is 9.93. The number of fused-ring (bicyclic) bond motifs is 2. The first kappa shape index (κ1) is 12.2. The van der Waals surface area contributed by atoms with Crippen LogP contribution in [-0.4, -0.2) is 6.10 Å². The van der Waals surface area contributed by atoms with E-state index < -0.39 is 0 Å². The molecular formula is C20H16O. The molecule has 2 bridgehead atoms. The van der Waals surface area contributed by atoms with Crippen molar-refractivity contribution in [1.29, 1.82) is 0 Å². The van der Waals surface area contributed by atoms with Crippen LogP contribution in [0.15, 0.2) is 83.6 Å². The van der Waals surface area contributed by atoms with E-state index in [0.717, 1.165) is 12.2 Å². The number of rotatable bonds is 2. The van der Waals surface area contributed by atoms with Crippen molar-refractivity contribution in [3.8, 4) is 0 Å². The van der Waals surface area contributed by atoms with E-state index in [0.29, 0.717) is 0 Å². The van der Waals surface area contributed by atoms with Gasteiger partial charge in [0.15, 0.2) is 0 Å². The van der Waals surface area contributed by atoms with Gasteiger partial charge in [-0.2, -0.15) is 0 Å². The van der Waals surface area contributed by atoms with Gasteiger partial charge < -0.3 is 4.74 Å². The predicted octanol–water partition coefficient (Wildman–Crippen LogP) is 4.84. The molecule has 1 saturated heterocycles. The molecule has 0 saturated carbocycles. The Kier molecular flexibility index (Phi) is 2.97. The van der Waals surface area contributed by atoms with Crippen molar-refractivity contribution in [3.05, 3.63) is 94.8 Å². The van der Waals surface area contributed by atoms with E-state index in [9.17, 15) is 0 Å². The van der Waals surface area contributed by atoms with Crippen molar-refractivity contribution in [3.63, 3.8) is 0 Å². The average molecular weight is 272 g/mol. The van der Waals surface area contributed by atoms with Gasteiger partial charge in [0.25, 0.3) is 0 Å². The molecule has 1 atom stereocenters. The van der Waals surface area contributed by atoms with Crippen LogP contribution in [0.4, 0.5) is 0 Å². The van der Waals surface area contributed by atoms with Gasteiger partial charge in [-0.1, -0.05) is 66.7 Å². The summed E-state index contributed by atoms with van der Waals surface area (Å²) in [4.78, 5) is 0. The van der Waals surface area contributed by atoms with E-state index in [2.05, 4.69) is 66.8 Å². The van der Waals surface area contributed by atoms with Crippen LogP contribution in [0, 0.1) is 0 Å². The highest BCUT2D eigenvalue weighted by Gasteiger charge is 2.34. The van der Waals surface area contributed by atoms with Crippen molar-refractivity contribution in [1.82, 2.24) is 0 Å². The quantitative estimate of drug-likeness (QED) is 0.760. The van der Waals surface area contributed by atoms with E-state index in [1.165, 1.54) is 22.3 Å². The Morgan fingerprint density at radius 2 is 1.43 bits per heavy atom. The van der Waals surface area contributed by atoms with E-state index in [-0.39, 0.29) is 6.10 Å². The van der Waals surface area contributed by atoms with Crippen LogP contribution in [0.3, 0.4) is 0 Å². The first-order valence-corrected chi connectivity index (χ1v) is 7.28. The number of allylic oxidation sites excluding steroid dienone is 1. The van der Waals surface area contributed by atoms with Crippen molar-refractivity contribution >= 4 is 12.2 Å². The lowest BCUT2D eigenvalue weighted by molar-refractivity contribution is 0.232.